The first-order chi connectivity index (χ1) is 9.08. The molecule has 0 aliphatic rings. The fourth-order valence-electron chi connectivity index (χ4n) is 1.50. The Hall–Kier alpha value is -2.21. The summed E-state index contributed by atoms with van der Waals surface area (Å²) in [6, 6.07) is 4.44. The lowest BCUT2D eigenvalue weighted by Crippen LogP contribution is -1.97. The van der Waals surface area contributed by atoms with Gasteiger partial charge in [-0.25, -0.2) is 4.79 Å². The maximum Gasteiger partial charge on any atom is 0.336 e. The van der Waals surface area contributed by atoms with Crippen molar-refractivity contribution in [3.8, 4) is 17.2 Å². The van der Waals surface area contributed by atoms with Crippen LogP contribution in [0.15, 0.2) is 27.4 Å². The van der Waals surface area contributed by atoms with Crippen LogP contribution in [0.3, 0.4) is 0 Å². The predicted molar refractivity (Wildman–Crippen MR) is 70.2 cm³/mol. The van der Waals surface area contributed by atoms with E-state index in [4.69, 9.17) is 13.9 Å². The first-order valence-electron chi connectivity index (χ1n) is 5.37. The quantitative estimate of drug-likeness (QED) is 0.836. The number of hydrogen-bond donors (Lipinski definition) is 1. The summed E-state index contributed by atoms with van der Waals surface area (Å²) in [7, 11) is 6.10. The Bertz CT molecular complexity index is 602. The summed E-state index contributed by atoms with van der Waals surface area (Å²) in [4.78, 5) is 11.0. The summed E-state index contributed by atoms with van der Waals surface area (Å²) in [6.45, 7) is 0. The smallest absolute Gasteiger partial charge is 0.336 e. The molecular formula is C13H16O6. The molecule has 2 aromatic rings. The topological polar surface area (TPSA) is 78.1 Å². The number of phenolic OH excluding ortho intramolecular Hbond substituents is 1. The number of fused-ring (bicyclic) bond motifs is 1. The third kappa shape index (κ3) is 3.17. The van der Waals surface area contributed by atoms with E-state index < -0.39 is 5.63 Å². The van der Waals surface area contributed by atoms with Crippen molar-refractivity contribution in [3.63, 3.8) is 0 Å². The van der Waals surface area contributed by atoms with E-state index in [0.29, 0.717) is 11.1 Å². The van der Waals surface area contributed by atoms with E-state index in [1.165, 1.54) is 20.3 Å². The Morgan fingerprint density at radius 1 is 1.11 bits per heavy atom. The third-order valence-corrected chi connectivity index (χ3v) is 2.23. The van der Waals surface area contributed by atoms with Crippen LogP contribution in [0, 0.1) is 0 Å². The van der Waals surface area contributed by atoms with Gasteiger partial charge in [0.2, 0.25) is 11.5 Å². The van der Waals surface area contributed by atoms with Crippen LogP contribution in [0.1, 0.15) is 0 Å². The first kappa shape index (κ1) is 14.8. The van der Waals surface area contributed by atoms with Crippen molar-refractivity contribution in [2.75, 3.05) is 28.4 Å². The average Bonchev–Trinajstić information content (AvgIpc) is 2.40. The molecule has 0 bridgehead atoms. The molecule has 2 rings (SSSR count). The van der Waals surface area contributed by atoms with Gasteiger partial charge < -0.3 is 23.7 Å². The van der Waals surface area contributed by atoms with Crippen LogP contribution in [0.25, 0.3) is 11.0 Å². The minimum absolute atomic E-state index is 0.0881. The molecule has 0 fully saturated rings. The summed E-state index contributed by atoms with van der Waals surface area (Å²) in [6.07, 6.45) is 0. The summed E-state index contributed by atoms with van der Waals surface area (Å²) in [5.74, 6) is 0.278. The maximum atomic E-state index is 11.0. The maximum absolute atomic E-state index is 11.0. The van der Waals surface area contributed by atoms with E-state index >= 15 is 0 Å². The molecule has 6 nitrogen and oxygen atoms in total. The van der Waals surface area contributed by atoms with Gasteiger partial charge in [-0.15, -0.1) is 0 Å². The molecule has 1 aromatic carbocycles. The van der Waals surface area contributed by atoms with Crippen molar-refractivity contribution in [1.82, 2.24) is 0 Å². The molecule has 0 spiro atoms. The zero-order valence-electron chi connectivity index (χ0n) is 11.2. The number of benzene rings is 1. The van der Waals surface area contributed by atoms with Crippen LogP contribution in [-0.4, -0.2) is 33.5 Å². The zero-order valence-corrected chi connectivity index (χ0v) is 11.2. The molecule has 1 heterocycles. The molecule has 104 valence electrons. The Balaban J connectivity index is 0.000000550. The van der Waals surface area contributed by atoms with Gasteiger partial charge >= 0.3 is 5.63 Å². The van der Waals surface area contributed by atoms with E-state index in [9.17, 15) is 9.90 Å². The normalized spacial score (nSPS) is 9.68. The zero-order chi connectivity index (χ0) is 14.4. The number of phenols is 1. The Morgan fingerprint density at radius 3 is 2.26 bits per heavy atom. The van der Waals surface area contributed by atoms with Gasteiger partial charge in [-0.1, -0.05) is 0 Å². The molecule has 0 amide bonds. The van der Waals surface area contributed by atoms with E-state index in [-0.39, 0.29) is 17.1 Å². The van der Waals surface area contributed by atoms with Gasteiger partial charge in [-0.3, -0.25) is 0 Å². The van der Waals surface area contributed by atoms with Crippen molar-refractivity contribution in [2.45, 2.75) is 0 Å². The lowest BCUT2D eigenvalue weighted by molar-refractivity contribution is 0.277. The first-order valence-corrected chi connectivity index (χ1v) is 5.37. The molecule has 0 aliphatic carbocycles. The second-order valence-electron chi connectivity index (χ2n) is 3.54. The van der Waals surface area contributed by atoms with Gasteiger partial charge in [-0.05, 0) is 12.1 Å². The van der Waals surface area contributed by atoms with Crippen LogP contribution in [0.5, 0.6) is 17.2 Å². The third-order valence-electron chi connectivity index (χ3n) is 2.23. The highest BCUT2D eigenvalue weighted by molar-refractivity contribution is 5.87. The summed E-state index contributed by atoms with van der Waals surface area (Å²) < 4.78 is 19.2. The van der Waals surface area contributed by atoms with Gasteiger partial charge in [0.15, 0.2) is 11.3 Å². The molecule has 0 unspecified atom stereocenters. The van der Waals surface area contributed by atoms with Crippen molar-refractivity contribution >= 4 is 11.0 Å². The Morgan fingerprint density at radius 2 is 1.74 bits per heavy atom. The highest BCUT2D eigenvalue weighted by Crippen LogP contribution is 2.41. The molecule has 0 saturated heterocycles. The molecule has 19 heavy (non-hydrogen) atoms. The number of ether oxygens (including phenoxy) is 3. The lowest BCUT2D eigenvalue weighted by atomic mass is 10.2. The fourth-order valence-corrected chi connectivity index (χ4v) is 1.50. The van der Waals surface area contributed by atoms with Crippen molar-refractivity contribution < 1.29 is 23.7 Å². The van der Waals surface area contributed by atoms with Crippen LogP contribution >= 0.6 is 0 Å². The summed E-state index contributed by atoms with van der Waals surface area (Å²) in [5, 5.41) is 10.4. The van der Waals surface area contributed by atoms with E-state index in [1.54, 1.807) is 26.4 Å². The van der Waals surface area contributed by atoms with Crippen molar-refractivity contribution in [2.24, 2.45) is 0 Å². The number of aromatic hydroxyl groups is 1. The Labute approximate surface area is 110 Å². The van der Waals surface area contributed by atoms with Crippen LogP contribution in [0.2, 0.25) is 0 Å². The largest absolute Gasteiger partial charge is 0.502 e. The second kappa shape index (κ2) is 6.65. The second-order valence-corrected chi connectivity index (χ2v) is 3.54. The summed E-state index contributed by atoms with van der Waals surface area (Å²) >= 11 is 0. The van der Waals surface area contributed by atoms with Crippen LogP contribution < -0.4 is 15.1 Å². The lowest BCUT2D eigenvalue weighted by Gasteiger charge is -2.10. The summed E-state index contributed by atoms with van der Waals surface area (Å²) in [5.41, 5.74) is -0.444. The van der Waals surface area contributed by atoms with Crippen molar-refractivity contribution in [3.05, 3.63) is 28.6 Å². The van der Waals surface area contributed by atoms with Crippen LogP contribution in [-0.2, 0) is 4.74 Å². The molecule has 0 atom stereocenters. The standard InChI is InChI=1S/C11H10O5.C2H6O/c1-14-7-5-6-3-4-8(12)16-10(6)9(13)11(7)15-2;1-3-2/h3-5,13H,1-2H3;1-2H3. The fraction of sp³-hybridized carbons (Fsp3) is 0.308. The number of rotatable bonds is 2. The van der Waals surface area contributed by atoms with Crippen LogP contribution in [0.4, 0.5) is 0 Å². The molecular weight excluding hydrogens is 252 g/mol. The van der Waals surface area contributed by atoms with Gasteiger partial charge in [-0.2, -0.15) is 0 Å². The number of methoxy groups -OCH3 is 3. The molecule has 1 aromatic heterocycles. The van der Waals surface area contributed by atoms with Gasteiger partial charge in [0.25, 0.3) is 0 Å². The van der Waals surface area contributed by atoms with E-state index in [1.807, 2.05) is 0 Å². The van der Waals surface area contributed by atoms with Gasteiger partial charge in [0.05, 0.1) is 14.2 Å². The molecule has 1 N–H and O–H groups in total. The monoisotopic (exact) mass is 268 g/mol. The Kier molecular flexibility index (Phi) is 5.20. The highest BCUT2D eigenvalue weighted by Gasteiger charge is 2.16. The van der Waals surface area contributed by atoms with Gasteiger partial charge in [0, 0.05) is 25.7 Å². The predicted octanol–water partition coefficient (Wildman–Crippen LogP) is 1.78. The highest BCUT2D eigenvalue weighted by atomic mass is 16.5. The SMILES string of the molecule is COC.COc1cc2ccc(=O)oc2c(O)c1OC. The molecule has 6 heteroatoms. The van der Waals surface area contributed by atoms with E-state index in [2.05, 4.69) is 4.74 Å². The minimum Gasteiger partial charge on any atom is -0.502 e. The molecule has 0 saturated carbocycles. The van der Waals surface area contributed by atoms with Gasteiger partial charge in [0.1, 0.15) is 0 Å². The van der Waals surface area contributed by atoms with E-state index in [0.717, 1.165) is 0 Å². The van der Waals surface area contributed by atoms with Crippen molar-refractivity contribution in [1.29, 1.82) is 0 Å². The molecule has 0 radical (unpaired) electrons. The average molecular weight is 268 g/mol. The minimum atomic E-state index is -0.532. The number of hydrogen-bond acceptors (Lipinski definition) is 6. The molecule has 0 aliphatic heterocycles.